The van der Waals surface area contributed by atoms with Crippen molar-refractivity contribution in [1.82, 2.24) is 4.90 Å². The van der Waals surface area contributed by atoms with E-state index in [1.165, 1.54) is 44.9 Å². The summed E-state index contributed by atoms with van der Waals surface area (Å²) >= 11 is 6.37. The number of aliphatic hydroxyl groups excluding tert-OH is 1. The Morgan fingerprint density at radius 3 is 2.05 bits per heavy atom. The SMILES string of the molecule is CCCCCCCCCC(Cl)CCN(C)CCC(C)O. The molecule has 0 radical (unpaired) electrons. The lowest BCUT2D eigenvalue weighted by Gasteiger charge is -2.19. The molecule has 1 N–H and O–H groups in total. The van der Waals surface area contributed by atoms with Crippen LogP contribution in [0.1, 0.15) is 78.1 Å². The Morgan fingerprint density at radius 1 is 0.900 bits per heavy atom. The molecule has 0 saturated carbocycles. The molecule has 0 fully saturated rings. The van der Waals surface area contributed by atoms with Crippen molar-refractivity contribution in [2.24, 2.45) is 0 Å². The second kappa shape index (κ2) is 14.2. The van der Waals surface area contributed by atoms with E-state index in [9.17, 15) is 5.11 Å². The van der Waals surface area contributed by atoms with Gasteiger partial charge in [0, 0.05) is 11.9 Å². The minimum atomic E-state index is -0.197. The Bertz CT molecular complexity index is 199. The van der Waals surface area contributed by atoms with Gasteiger partial charge in [0.15, 0.2) is 0 Å². The molecule has 122 valence electrons. The van der Waals surface area contributed by atoms with Crippen LogP contribution >= 0.6 is 11.6 Å². The quantitative estimate of drug-likeness (QED) is 0.367. The molecule has 0 heterocycles. The molecule has 0 saturated heterocycles. The van der Waals surface area contributed by atoms with Crippen LogP contribution in [0.4, 0.5) is 0 Å². The molecule has 0 amide bonds. The number of hydrogen-bond donors (Lipinski definition) is 1. The van der Waals surface area contributed by atoms with E-state index in [0.717, 1.165) is 32.4 Å². The van der Waals surface area contributed by atoms with Crippen molar-refractivity contribution in [1.29, 1.82) is 0 Å². The average molecular weight is 306 g/mol. The number of alkyl halides is 1. The van der Waals surface area contributed by atoms with E-state index >= 15 is 0 Å². The fraction of sp³-hybridized carbons (Fsp3) is 1.00. The summed E-state index contributed by atoms with van der Waals surface area (Å²) in [5, 5.41) is 9.57. The van der Waals surface area contributed by atoms with Gasteiger partial charge >= 0.3 is 0 Å². The van der Waals surface area contributed by atoms with E-state index in [1.54, 1.807) is 0 Å². The monoisotopic (exact) mass is 305 g/mol. The molecular weight excluding hydrogens is 270 g/mol. The highest BCUT2D eigenvalue weighted by Gasteiger charge is 2.07. The number of unbranched alkanes of at least 4 members (excludes halogenated alkanes) is 6. The maximum atomic E-state index is 9.25. The van der Waals surface area contributed by atoms with E-state index in [1.807, 2.05) is 6.92 Å². The van der Waals surface area contributed by atoms with Crippen LogP contribution in [0.25, 0.3) is 0 Å². The summed E-state index contributed by atoms with van der Waals surface area (Å²) in [6, 6.07) is 0. The molecule has 0 aliphatic heterocycles. The molecule has 0 aliphatic rings. The zero-order valence-electron chi connectivity index (χ0n) is 13.9. The third-order valence-electron chi connectivity index (χ3n) is 3.87. The molecule has 2 nitrogen and oxygen atoms in total. The zero-order chi connectivity index (χ0) is 15.2. The molecule has 3 heteroatoms. The first-order chi connectivity index (χ1) is 9.56. The van der Waals surface area contributed by atoms with E-state index in [-0.39, 0.29) is 6.10 Å². The molecule has 20 heavy (non-hydrogen) atoms. The molecule has 0 bridgehead atoms. The van der Waals surface area contributed by atoms with Gasteiger partial charge in [-0.05, 0) is 39.8 Å². The van der Waals surface area contributed by atoms with Crippen LogP contribution < -0.4 is 0 Å². The molecule has 2 atom stereocenters. The lowest BCUT2D eigenvalue weighted by molar-refractivity contribution is 0.164. The van der Waals surface area contributed by atoms with Gasteiger partial charge in [-0.1, -0.05) is 51.9 Å². The molecule has 0 rings (SSSR count). The third-order valence-corrected chi connectivity index (χ3v) is 4.31. The summed E-state index contributed by atoms with van der Waals surface area (Å²) in [6.07, 6.45) is 12.4. The first-order valence-electron chi connectivity index (χ1n) is 8.57. The predicted molar refractivity (Wildman–Crippen MR) is 90.7 cm³/mol. The molecule has 0 aromatic heterocycles. The first kappa shape index (κ1) is 20.2. The van der Waals surface area contributed by atoms with Gasteiger partial charge in [0.05, 0.1) is 6.10 Å². The van der Waals surface area contributed by atoms with Crippen LogP contribution in [-0.4, -0.2) is 41.6 Å². The van der Waals surface area contributed by atoms with Gasteiger partial charge in [-0.25, -0.2) is 0 Å². The lowest BCUT2D eigenvalue weighted by atomic mass is 10.1. The van der Waals surface area contributed by atoms with Gasteiger partial charge in [-0.2, -0.15) is 0 Å². The highest BCUT2D eigenvalue weighted by molar-refractivity contribution is 6.20. The van der Waals surface area contributed by atoms with E-state index in [0.29, 0.717) is 5.38 Å². The Labute approximate surface area is 131 Å². The topological polar surface area (TPSA) is 23.5 Å². The highest BCUT2D eigenvalue weighted by Crippen LogP contribution is 2.15. The van der Waals surface area contributed by atoms with Crippen LogP contribution in [0.2, 0.25) is 0 Å². The van der Waals surface area contributed by atoms with Crippen LogP contribution in [0.3, 0.4) is 0 Å². The maximum absolute atomic E-state index is 9.25. The second-order valence-electron chi connectivity index (χ2n) is 6.24. The number of nitrogens with zero attached hydrogens (tertiary/aromatic N) is 1. The standard InChI is InChI=1S/C17H36ClNO/c1-4-5-6-7-8-9-10-11-17(18)13-15-19(3)14-12-16(2)20/h16-17,20H,4-15H2,1-3H3. The Balaban J connectivity index is 3.33. The summed E-state index contributed by atoms with van der Waals surface area (Å²) in [5.74, 6) is 0. The van der Waals surface area contributed by atoms with E-state index in [4.69, 9.17) is 11.6 Å². The molecule has 0 aliphatic carbocycles. The third kappa shape index (κ3) is 14.6. The summed E-state index contributed by atoms with van der Waals surface area (Å²) in [5.41, 5.74) is 0. The van der Waals surface area contributed by atoms with E-state index < -0.39 is 0 Å². The number of hydrogen-bond acceptors (Lipinski definition) is 2. The van der Waals surface area contributed by atoms with Crippen molar-refractivity contribution in [2.45, 2.75) is 89.5 Å². The normalized spacial score (nSPS) is 14.7. The van der Waals surface area contributed by atoms with Crippen molar-refractivity contribution < 1.29 is 5.11 Å². The van der Waals surface area contributed by atoms with Gasteiger partial charge in [-0.15, -0.1) is 11.6 Å². The van der Waals surface area contributed by atoms with Crippen LogP contribution in [0.15, 0.2) is 0 Å². The number of rotatable bonds is 14. The summed E-state index contributed by atoms with van der Waals surface area (Å²) in [6.45, 7) is 6.10. The molecule has 0 aromatic rings. The minimum Gasteiger partial charge on any atom is -0.393 e. The van der Waals surface area contributed by atoms with Crippen LogP contribution in [0.5, 0.6) is 0 Å². The first-order valence-corrected chi connectivity index (χ1v) is 9.00. The minimum absolute atomic E-state index is 0.197. The smallest absolute Gasteiger partial charge is 0.0524 e. The number of halogens is 1. The van der Waals surface area contributed by atoms with Crippen molar-refractivity contribution in [3.05, 3.63) is 0 Å². The van der Waals surface area contributed by atoms with Crippen LogP contribution in [0, 0.1) is 0 Å². The van der Waals surface area contributed by atoms with Gasteiger partial charge < -0.3 is 10.0 Å². The zero-order valence-corrected chi connectivity index (χ0v) is 14.7. The van der Waals surface area contributed by atoms with Gasteiger partial charge in [0.25, 0.3) is 0 Å². The summed E-state index contributed by atoms with van der Waals surface area (Å²) < 4.78 is 0. The fourth-order valence-electron chi connectivity index (χ4n) is 2.35. The Hall–Kier alpha value is 0.210. The van der Waals surface area contributed by atoms with Gasteiger partial charge in [-0.3, -0.25) is 0 Å². The van der Waals surface area contributed by atoms with E-state index in [2.05, 4.69) is 18.9 Å². The maximum Gasteiger partial charge on any atom is 0.0524 e. The summed E-state index contributed by atoms with van der Waals surface area (Å²) in [7, 11) is 2.11. The van der Waals surface area contributed by atoms with Crippen LogP contribution in [-0.2, 0) is 0 Å². The predicted octanol–water partition coefficient (Wildman–Crippen LogP) is 4.83. The van der Waals surface area contributed by atoms with Gasteiger partial charge in [0.2, 0.25) is 0 Å². The Morgan fingerprint density at radius 2 is 1.45 bits per heavy atom. The Kier molecular flexibility index (Phi) is 14.3. The fourth-order valence-corrected chi connectivity index (χ4v) is 2.60. The molecule has 2 unspecified atom stereocenters. The largest absolute Gasteiger partial charge is 0.393 e. The van der Waals surface area contributed by atoms with Crippen molar-refractivity contribution in [2.75, 3.05) is 20.1 Å². The lowest BCUT2D eigenvalue weighted by Crippen LogP contribution is -2.25. The molecular formula is C17H36ClNO. The second-order valence-corrected chi connectivity index (χ2v) is 6.85. The molecule has 0 spiro atoms. The average Bonchev–Trinajstić information content (AvgIpc) is 2.41. The van der Waals surface area contributed by atoms with Crippen molar-refractivity contribution in [3.63, 3.8) is 0 Å². The highest BCUT2D eigenvalue weighted by atomic mass is 35.5. The molecule has 0 aromatic carbocycles. The van der Waals surface area contributed by atoms with Gasteiger partial charge in [0.1, 0.15) is 0 Å². The summed E-state index contributed by atoms with van der Waals surface area (Å²) in [4.78, 5) is 2.27. The number of aliphatic hydroxyl groups is 1. The van der Waals surface area contributed by atoms with Crippen molar-refractivity contribution >= 4 is 11.6 Å². The van der Waals surface area contributed by atoms with Crippen molar-refractivity contribution in [3.8, 4) is 0 Å².